The SMILES string of the molecule is CC(c1nc(Cc2ccccc2)no1)N1CCN(S(=O)(=O)c2c(F)cccc2F)CC1. The standard InChI is InChI=1S/C21H22F2N4O3S/c1-15(21-24-19(25-30-21)14-16-6-3-2-4-7-16)26-10-12-27(13-11-26)31(28,29)20-17(22)8-5-9-18(20)23/h2-9,15H,10-14H2,1H3. The van der Waals surface area contributed by atoms with Crippen molar-refractivity contribution in [2.75, 3.05) is 26.2 Å². The van der Waals surface area contributed by atoms with Crippen molar-refractivity contribution in [3.8, 4) is 0 Å². The number of rotatable bonds is 6. The summed E-state index contributed by atoms with van der Waals surface area (Å²) in [7, 11) is -4.26. The van der Waals surface area contributed by atoms with Crippen LogP contribution < -0.4 is 0 Å². The molecule has 0 spiro atoms. The first-order valence-electron chi connectivity index (χ1n) is 9.91. The van der Waals surface area contributed by atoms with Gasteiger partial charge in [0.05, 0.1) is 6.04 Å². The predicted molar refractivity (Wildman–Crippen MR) is 109 cm³/mol. The molecule has 1 aliphatic heterocycles. The third kappa shape index (κ3) is 4.51. The summed E-state index contributed by atoms with van der Waals surface area (Å²) >= 11 is 0. The quantitative estimate of drug-likeness (QED) is 0.577. The van der Waals surface area contributed by atoms with E-state index in [9.17, 15) is 17.2 Å². The predicted octanol–water partition coefficient (Wildman–Crippen LogP) is 3.01. The van der Waals surface area contributed by atoms with Crippen molar-refractivity contribution < 1.29 is 21.7 Å². The largest absolute Gasteiger partial charge is 0.338 e. The third-order valence-electron chi connectivity index (χ3n) is 5.38. The van der Waals surface area contributed by atoms with Crippen LogP contribution >= 0.6 is 0 Å². The van der Waals surface area contributed by atoms with Crippen LogP contribution in [0.15, 0.2) is 57.9 Å². The molecule has 10 heteroatoms. The first-order chi connectivity index (χ1) is 14.9. The first kappa shape index (κ1) is 21.5. The molecule has 1 saturated heterocycles. The van der Waals surface area contributed by atoms with E-state index >= 15 is 0 Å². The Hall–Kier alpha value is -2.69. The normalized spacial score (nSPS) is 17.0. The highest BCUT2D eigenvalue weighted by molar-refractivity contribution is 7.89. The van der Waals surface area contributed by atoms with Gasteiger partial charge < -0.3 is 4.52 Å². The minimum Gasteiger partial charge on any atom is -0.338 e. The van der Waals surface area contributed by atoms with E-state index in [0.717, 1.165) is 28.1 Å². The van der Waals surface area contributed by atoms with Gasteiger partial charge in [-0.1, -0.05) is 41.6 Å². The summed E-state index contributed by atoms with van der Waals surface area (Å²) in [6, 6.07) is 12.6. The summed E-state index contributed by atoms with van der Waals surface area (Å²) in [6.07, 6.45) is 0.553. The minimum atomic E-state index is -4.26. The zero-order chi connectivity index (χ0) is 22.0. The van der Waals surface area contributed by atoms with Crippen LogP contribution in [0, 0.1) is 11.6 Å². The van der Waals surface area contributed by atoms with E-state index in [1.54, 1.807) is 0 Å². The van der Waals surface area contributed by atoms with Gasteiger partial charge in [-0.2, -0.15) is 9.29 Å². The highest BCUT2D eigenvalue weighted by atomic mass is 32.2. The Kier molecular flexibility index (Phi) is 6.12. The average Bonchev–Trinajstić information content (AvgIpc) is 3.22. The molecule has 3 aromatic rings. The molecule has 0 saturated carbocycles. The van der Waals surface area contributed by atoms with E-state index in [1.165, 1.54) is 0 Å². The van der Waals surface area contributed by atoms with Gasteiger partial charge in [0.1, 0.15) is 11.6 Å². The van der Waals surface area contributed by atoms with E-state index in [-0.39, 0.29) is 19.1 Å². The fourth-order valence-corrected chi connectivity index (χ4v) is 5.16. The van der Waals surface area contributed by atoms with Gasteiger partial charge in [0.25, 0.3) is 0 Å². The van der Waals surface area contributed by atoms with E-state index in [0.29, 0.717) is 31.2 Å². The Bertz CT molecular complexity index is 1130. The van der Waals surface area contributed by atoms with Crippen molar-refractivity contribution in [1.82, 2.24) is 19.3 Å². The molecule has 1 fully saturated rings. The van der Waals surface area contributed by atoms with Crippen molar-refractivity contribution in [3.05, 3.63) is 77.4 Å². The molecule has 0 amide bonds. The van der Waals surface area contributed by atoms with Crippen LogP contribution in [0.25, 0.3) is 0 Å². The molecule has 0 N–H and O–H groups in total. The molecule has 1 atom stereocenters. The molecule has 164 valence electrons. The van der Waals surface area contributed by atoms with E-state index < -0.39 is 26.6 Å². The number of hydrogen-bond acceptors (Lipinski definition) is 6. The average molecular weight is 448 g/mol. The van der Waals surface area contributed by atoms with E-state index in [4.69, 9.17) is 4.52 Å². The molecule has 2 heterocycles. The molecule has 0 radical (unpaired) electrons. The number of sulfonamides is 1. The minimum absolute atomic E-state index is 0.103. The molecule has 7 nitrogen and oxygen atoms in total. The number of piperazine rings is 1. The smallest absolute Gasteiger partial charge is 0.249 e. The Balaban J connectivity index is 1.41. The van der Waals surface area contributed by atoms with Gasteiger partial charge in [0.2, 0.25) is 15.9 Å². The number of benzene rings is 2. The summed E-state index contributed by atoms with van der Waals surface area (Å²) < 4.78 is 60.0. The van der Waals surface area contributed by atoms with Crippen LogP contribution in [0.3, 0.4) is 0 Å². The maximum atomic E-state index is 14.0. The summed E-state index contributed by atoms with van der Waals surface area (Å²) in [5.74, 6) is -1.16. The van der Waals surface area contributed by atoms with Gasteiger partial charge in [-0.15, -0.1) is 0 Å². The second-order valence-corrected chi connectivity index (χ2v) is 9.25. The molecule has 2 aromatic carbocycles. The van der Waals surface area contributed by atoms with Crippen molar-refractivity contribution >= 4 is 10.0 Å². The van der Waals surface area contributed by atoms with Crippen LogP contribution in [0.4, 0.5) is 8.78 Å². The second-order valence-electron chi connectivity index (χ2n) is 7.38. The lowest BCUT2D eigenvalue weighted by Gasteiger charge is -2.36. The van der Waals surface area contributed by atoms with Crippen molar-refractivity contribution in [2.24, 2.45) is 0 Å². The highest BCUT2D eigenvalue weighted by Gasteiger charge is 2.35. The van der Waals surface area contributed by atoms with Gasteiger partial charge in [-0.3, -0.25) is 4.90 Å². The molecule has 1 aliphatic rings. The van der Waals surface area contributed by atoms with Gasteiger partial charge in [0.15, 0.2) is 10.7 Å². The van der Waals surface area contributed by atoms with Gasteiger partial charge in [-0.25, -0.2) is 17.2 Å². The topological polar surface area (TPSA) is 79.5 Å². The zero-order valence-electron chi connectivity index (χ0n) is 16.9. The third-order valence-corrected chi connectivity index (χ3v) is 7.33. The first-order valence-corrected chi connectivity index (χ1v) is 11.3. The Morgan fingerprint density at radius 3 is 2.29 bits per heavy atom. The van der Waals surface area contributed by atoms with E-state index in [1.807, 2.05) is 42.2 Å². The lowest BCUT2D eigenvalue weighted by Crippen LogP contribution is -2.49. The van der Waals surface area contributed by atoms with Crippen molar-refractivity contribution in [1.29, 1.82) is 0 Å². The zero-order valence-corrected chi connectivity index (χ0v) is 17.7. The maximum absolute atomic E-state index is 14.0. The second kappa shape index (κ2) is 8.81. The molecule has 1 aromatic heterocycles. The fraction of sp³-hybridized carbons (Fsp3) is 0.333. The summed E-state index contributed by atoms with van der Waals surface area (Å²) in [5, 5.41) is 4.04. The molecule has 0 bridgehead atoms. The lowest BCUT2D eigenvalue weighted by atomic mass is 10.1. The maximum Gasteiger partial charge on any atom is 0.249 e. The van der Waals surface area contributed by atoms with Crippen molar-refractivity contribution in [2.45, 2.75) is 24.3 Å². The van der Waals surface area contributed by atoms with Crippen LogP contribution in [0.5, 0.6) is 0 Å². The van der Waals surface area contributed by atoms with E-state index in [2.05, 4.69) is 10.1 Å². The van der Waals surface area contributed by atoms with Crippen LogP contribution in [-0.4, -0.2) is 53.9 Å². The number of aromatic nitrogens is 2. The Labute approximate surface area is 179 Å². The summed E-state index contributed by atoms with van der Waals surface area (Å²) in [4.78, 5) is 5.57. The fourth-order valence-electron chi connectivity index (χ4n) is 3.63. The molecule has 0 aliphatic carbocycles. The van der Waals surface area contributed by atoms with Gasteiger partial charge in [0, 0.05) is 32.6 Å². The number of halogens is 2. The molecule has 4 rings (SSSR count). The lowest BCUT2D eigenvalue weighted by molar-refractivity contribution is 0.124. The number of nitrogens with zero attached hydrogens (tertiary/aromatic N) is 4. The molecule has 1 unspecified atom stereocenters. The number of hydrogen-bond donors (Lipinski definition) is 0. The van der Waals surface area contributed by atoms with Crippen LogP contribution in [0.1, 0.15) is 30.2 Å². The van der Waals surface area contributed by atoms with Gasteiger partial charge in [-0.05, 0) is 24.6 Å². The van der Waals surface area contributed by atoms with Crippen LogP contribution in [0.2, 0.25) is 0 Å². The monoisotopic (exact) mass is 448 g/mol. The van der Waals surface area contributed by atoms with Crippen LogP contribution in [-0.2, 0) is 16.4 Å². The molecular formula is C21H22F2N4O3S. The Morgan fingerprint density at radius 2 is 1.65 bits per heavy atom. The van der Waals surface area contributed by atoms with Gasteiger partial charge >= 0.3 is 0 Å². The van der Waals surface area contributed by atoms with Crippen molar-refractivity contribution in [3.63, 3.8) is 0 Å². The highest BCUT2D eigenvalue weighted by Crippen LogP contribution is 2.26. The molecular weight excluding hydrogens is 426 g/mol. The summed E-state index contributed by atoms with van der Waals surface area (Å²) in [5.41, 5.74) is 1.07. The summed E-state index contributed by atoms with van der Waals surface area (Å²) in [6.45, 7) is 2.84. The Morgan fingerprint density at radius 1 is 1.00 bits per heavy atom. The molecule has 31 heavy (non-hydrogen) atoms.